The third-order valence-electron chi connectivity index (χ3n) is 3.40. The predicted molar refractivity (Wildman–Crippen MR) is 70.6 cm³/mol. The lowest BCUT2D eigenvalue weighted by atomic mass is 10.1. The van der Waals surface area contributed by atoms with Crippen LogP contribution in [0.1, 0.15) is 30.9 Å². The Kier molecular flexibility index (Phi) is 5.43. The summed E-state index contributed by atoms with van der Waals surface area (Å²) in [6.45, 7) is 10.6. The van der Waals surface area contributed by atoms with E-state index in [1.807, 2.05) is 6.92 Å². The summed E-state index contributed by atoms with van der Waals surface area (Å²) in [5.74, 6) is 0.975. The van der Waals surface area contributed by atoms with Crippen LogP contribution in [0.4, 0.5) is 0 Å². The van der Waals surface area contributed by atoms with E-state index in [1.165, 1.54) is 5.56 Å². The normalized spacial score (nSPS) is 21.2. The minimum absolute atomic E-state index is 0. The van der Waals surface area contributed by atoms with Crippen molar-refractivity contribution >= 4 is 12.4 Å². The van der Waals surface area contributed by atoms with E-state index in [4.69, 9.17) is 4.52 Å². The molecule has 1 fully saturated rings. The van der Waals surface area contributed by atoms with Crippen LogP contribution in [0.3, 0.4) is 0 Å². The monoisotopic (exact) mass is 259 g/mol. The predicted octanol–water partition coefficient (Wildman–Crippen LogP) is 1.76. The van der Waals surface area contributed by atoms with Crippen LogP contribution in [0.15, 0.2) is 4.52 Å². The largest absolute Gasteiger partial charge is 0.361 e. The second-order valence-electron chi connectivity index (χ2n) is 4.54. The van der Waals surface area contributed by atoms with E-state index in [1.54, 1.807) is 0 Å². The molecule has 1 aromatic rings. The molecule has 0 unspecified atom stereocenters. The number of nitrogens with one attached hydrogen (secondary N) is 1. The van der Waals surface area contributed by atoms with E-state index in [0.29, 0.717) is 6.04 Å². The molecule has 1 aliphatic heterocycles. The summed E-state index contributed by atoms with van der Waals surface area (Å²) >= 11 is 0. The Morgan fingerprint density at radius 1 is 1.53 bits per heavy atom. The third kappa shape index (κ3) is 3.21. The van der Waals surface area contributed by atoms with E-state index in [-0.39, 0.29) is 12.4 Å². The van der Waals surface area contributed by atoms with Gasteiger partial charge in [-0.15, -0.1) is 12.4 Å². The molecule has 1 N–H and O–H groups in total. The first-order valence-corrected chi connectivity index (χ1v) is 6.11. The number of aryl methyl sites for hydroxylation is 2. The van der Waals surface area contributed by atoms with Gasteiger partial charge in [0.1, 0.15) is 5.76 Å². The van der Waals surface area contributed by atoms with Gasteiger partial charge in [0.15, 0.2) is 0 Å². The number of hydrogen-bond acceptors (Lipinski definition) is 4. The summed E-state index contributed by atoms with van der Waals surface area (Å²) in [4.78, 5) is 2.50. The minimum atomic E-state index is 0. The first kappa shape index (κ1) is 14.5. The Bertz CT molecular complexity index is 354. The Labute approximate surface area is 109 Å². The molecule has 1 aliphatic rings. The Morgan fingerprint density at radius 3 is 2.94 bits per heavy atom. The number of halogens is 1. The molecule has 2 rings (SSSR count). The summed E-state index contributed by atoms with van der Waals surface area (Å²) in [6.07, 6.45) is 0.952. The molecule has 0 saturated carbocycles. The quantitative estimate of drug-likeness (QED) is 0.898. The topological polar surface area (TPSA) is 41.3 Å². The first-order valence-electron chi connectivity index (χ1n) is 6.11. The number of hydrogen-bond donors (Lipinski definition) is 1. The lowest BCUT2D eigenvalue weighted by Crippen LogP contribution is -2.49. The molecule has 5 heteroatoms. The van der Waals surface area contributed by atoms with Gasteiger partial charge in [-0.2, -0.15) is 0 Å². The zero-order valence-corrected chi connectivity index (χ0v) is 11.6. The van der Waals surface area contributed by atoms with Crippen LogP contribution in [-0.2, 0) is 13.0 Å². The maximum Gasteiger partial charge on any atom is 0.138 e. The van der Waals surface area contributed by atoms with E-state index >= 15 is 0 Å². The lowest BCUT2D eigenvalue weighted by molar-refractivity contribution is 0.164. The molecule has 0 amide bonds. The molecule has 0 radical (unpaired) electrons. The highest BCUT2D eigenvalue weighted by atomic mass is 35.5. The molecule has 17 heavy (non-hydrogen) atoms. The Balaban J connectivity index is 0.00000144. The van der Waals surface area contributed by atoms with Gasteiger partial charge in [-0.25, -0.2) is 0 Å². The van der Waals surface area contributed by atoms with Gasteiger partial charge in [0, 0.05) is 37.8 Å². The molecule has 2 heterocycles. The van der Waals surface area contributed by atoms with Crippen LogP contribution in [0.5, 0.6) is 0 Å². The fraction of sp³-hybridized carbons (Fsp3) is 0.750. The SMILES string of the molecule is CCc1noc(C)c1CN1CCNC[C@@H]1C.Cl. The fourth-order valence-electron chi connectivity index (χ4n) is 2.24. The molecule has 0 aliphatic carbocycles. The number of nitrogens with zero attached hydrogens (tertiary/aromatic N) is 2. The molecule has 0 bridgehead atoms. The van der Waals surface area contributed by atoms with Crippen molar-refractivity contribution in [3.05, 3.63) is 17.0 Å². The van der Waals surface area contributed by atoms with Gasteiger partial charge in [-0.3, -0.25) is 4.90 Å². The van der Waals surface area contributed by atoms with Gasteiger partial charge in [0.2, 0.25) is 0 Å². The maximum absolute atomic E-state index is 5.27. The standard InChI is InChI=1S/C12H21N3O.ClH/c1-4-12-11(10(3)16-14-12)8-15-6-5-13-7-9(15)2;/h9,13H,4-8H2,1-3H3;1H/t9-;/m0./s1. The summed E-state index contributed by atoms with van der Waals surface area (Å²) in [6, 6.07) is 0.591. The highest BCUT2D eigenvalue weighted by Crippen LogP contribution is 2.18. The van der Waals surface area contributed by atoms with Gasteiger partial charge in [0.05, 0.1) is 5.69 Å². The average Bonchev–Trinajstić information content (AvgIpc) is 2.63. The molecule has 1 atom stereocenters. The van der Waals surface area contributed by atoms with E-state index in [0.717, 1.165) is 44.1 Å². The second-order valence-corrected chi connectivity index (χ2v) is 4.54. The molecule has 1 saturated heterocycles. The minimum Gasteiger partial charge on any atom is -0.361 e. The van der Waals surface area contributed by atoms with Crippen molar-refractivity contribution in [3.8, 4) is 0 Å². The van der Waals surface area contributed by atoms with Crippen molar-refractivity contribution in [2.75, 3.05) is 19.6 Å². The van der Waals surface area contributed by atoms with Gasteiger partial charge >= 0.3 is 0 Å². The van der Waals surface area contributed by atoms with E-state index in [2.05, 4.69) is 29.2 Å². The van der Waals surface area contributed by atoms with Gasteiger partial charge in [-0.1, -0.05) is 12.1 Å². The van der Waals surface area contributed by atoms with Crippen LogP contribution in [0.25, 0.3) is 0 Å². The molecule has 1 aromatic heterocycles. The maximum atomic E-state index is 5.27. The molecular weight excluding hydrogens is 238 g/mol. The van der Waals surface area contributed by atoms with E-state index in [9.17, 15) is 0 Å². The zero-order chi connectivity index (χ0) is 11.5. The highest BCUT2D eigenvalue weighted by molar-refractivity contribution is 5.85. The van der Waals surface area contributed by atoms with Gasteiger partial charge < -0.3 is 9.84 Å². The Morgan fingerprint density at radius 2 is 2.29 bits per heavy atom. The average molecular weight is 260 g/mol. The van der Waals surface area contributed by atoms with E-state index < -0.39 is 0 Å². The van der Waals surface area contributed by atoms with Crippen molar-refractivity contribution in [2.24, 2.45) is 0 Å². The lowest BCUT2D eigenvalue weighted by Gasteiger charge is -2.33. The van der Waals surface area contributed by atoms with Crippen molar-refractivity contribution in [1.29, 1.82) is 0 Å². The summed E-state index contributed by atoms with van der Waals surface area (Å²) in [5, 5.41) is 7.51. The summed E-state index contributed by atoms with van der Waals surface area (Å²) in [7, 11) is 0. The Hall–Kier alpha value is -0.580. The van der Waals surface area contributed by atoms with Gasteiger partial charge in [0.25, 0.3) is 0 Å². The van der Waals surface area contributed by atoms with Crippen LogP contribution >= 0.6 is 12.4 Å². The fourth-order valence-corrected chi connectivity index (χ4v) is 2.24. The zero-order valence-electron chi connectivity index (χ0n) is 10.8. The first-order chi connectivity index (χ1) is 7.72. The van der Waals surface area contributed by atoms with Crippen molar-refractivity contribution in [3.63, 3.8) is 0 Å². The molecular formula is C12H22ClN3O. The second kappa shape index (κ2) is 6.38. The molecule has 0 aromatic carbocycles. The van der Waals surface area contributed by atoms with Crippen LogP contribution in [0, 0.1) is 6.92 Å². The van der Waals surface area contributed by atoms with Crippen LogP contribution in [0.2, 0.25) is 0 Å². The molecule has 0 spiro atoms. The van der Waals surface area contributed by atoms with Crippen molar-refractivity contribution in [2.45, 2.75) is 39.8 Å². The third-order valence-corrected chi connectivity index (χ3v) is 3.40. The number of rotatable bonds is 3. The summed E-state index contributed by atoms with van der Waals surface area (Å²) in [5.41, 5.74) is 2.40. The molecule has 98 valence electrons. The van der Waals surface area contributed by atoms with Crippen molar-refractivity contribution in [1.82, 2.24) is 15.4 Å². The molecule has 4 nitrogen and oxygen atoms in total. The number of aromatic nitrogens is 1. The van der Waals surface area contributed by atoms with Crippen molar-refractivity contribution < 1.29 is 4.52 Å². The summed E-state index contributed by atoms with van der Waals surface area (Å²) < 4.78 is 5.27. The van der Waals surface area contributed by atoms with Crippen LogP contribution < -0.4 is 5.32 Å². The van der Waals surface area contributed by atoms with Gasteiger partial charge in [-0.05, 0) is 20.3 Å². The number of piperazine rings is 1. The van der Waals surface area contributed by atoms with Crippen LogP contribution in [-0.4, -0.2) is 35.7 Å². The highest BCUT2D eigenvalue weighted by Gasteiger charge is 2.21. The smallest absolute Gasteiger partial charge is 0.138 e.